The highest BCUT2D eigenvalue weighted by Gasteiger charge is 2.17. The first-order valence-electron chi connectivity index (χ1n) is 20.5. The Morgan fingerprint density at radius 1 is 0.460 bits per heavy atom. The van der Waals surface area contributed by atoms with E-state index in [0.29, 0.717) is 19.4 Å². The van der Waals surface area contributed by atoms with Gasteiger partial charge >= 0.3 is 11.9 Å². The molecule has 0 spiro atoms. The van der Waals surface area contributed by atoms with E-state index in [1.807, 2.05) is 0 Å². The van der Waals surface area contributed by atoms with Crippen LogP contribution in [0.3, 0.4) is 0 Å². The summed E-state index contributed by atoms with van der Waals surface area (Å²) in [7, 11) is 0. The van der Waals surface area contributed by atoms with Crippen LogP contribution in [-0.4, -0.2) is 37.9 Å². The monoisotopic (exact) mass is 697 g/mol. The summed E-state index contributed by atoms with van der Waals surface area (Å²) in [6, 6.07) is 0. The highest BCUT2D eigenvalue weighted by Crippen LogP contribution is 2.11. The van der Waals surface area contributed by atoms with Crippen molar-refractivity contribution in [1.29, 1.82) is 0 Å². The van der Waals surface area contributed by atoms with E-state index in [-0.39, 0.29) is 25.2 Å². The van der Waals surface area contributed by atoms with Crippen LogP contribution in [-0.2, 0) is 23.8 Å². The van der Waals surface area contributed by atoms with Crippen molar-refractivity contribution in [2.45, 2.75) is 181 Å². The van der Waals surface area contributed by atoms with Crippen molar-refractivity contribution in [2.75, 3.05) is 19.8 Å². The predicted octanol–water partition coefficient (Wildman–Crippen LogP) is 13.2. The van der Waals surface area contributed by atoms with Gasteiger partial charge in [-0.15, -0.1) is 0 Å². The third-order valence-corrected chi connectivity index (χ3v) is 8.23. The summed E-state index contributed by atoms with van der Waals surface area (Å²) in [6.45, 7) is 7.47. The zero-order valence-corrected chi connectivity index (χ0v) is 32.6. The number of hydrogen-bond acceptors (Lipinski definition) is 5. The molecule has 0 radical (unpaired) electrons. The zero-order chi connectivity index (χ0) is 36.4. The van der Waals surface area contributed by atoms with E-state index in [2.05, 4.69) is 93.7 Å². The molecule has 0 saturated heterocycles. The molecular formula is C45H76O5. The fourth-order valence-electron chi connectivity index (χ4n) is 5.16. The standard InChI is InChI=1S/C45H76O5/c1-4-7-10-13-15-17-19-20-21-22-23-24-25-27-29-31-34-37-40-48-41-43(50-45(47)39-36-32-12-9-6-3)42-49-44(46)38-35-33-30-28-26-18-16-14-11-8-5-2/h7,10,14-17,20-21,23-24,27,29,43H,4-6,8-9,11-13,18-19,22,25-26,28,30-42H2,1-3H3/b10-7-,16-14-,17-15-,21-20-,24-23-,29-27-. The van der Waals surface area contributed by atoms with Crippen LogP contribution in [0.25, 0.3) is 0 Å². The van der Waals surface area contributed by atoms with Crippen LogP contribution in [0.5, 0.6) is 0 Å². The van der Waals surface area contributed by atoms with Crippen LogP contribution in [0.2, 0.25) is 0 Å². The van der Waals surface area contributed by atoms with Crippen molar-refractivity contribution >= 4 is 11.9 Å². The second-order valence-electron chi connectivity index (χ2n) is 13.2. The van der Waals surface area contributed by atoms with Gasteiger partial charge in [0.05, 0.1) is 6.61 Å². The lowest BCUT2D eigenvalue weighted by molar-refractivity contribution is -0.163. The van der Waals surface area contributed by atoms with Crippen molar-refractivity contribution < 1.29 is 23.8 Å². The number of esters is 2. The minimum atomic E-state index is -0.557. The van der Waals surface area contributed by atoms with Crippen LogP contribution in [0, 0.1) is 0 Å². The minimum absolute atomic E-state index is 0.0603. The van der Waals surface area contributed by atoms with Crippen molar-refractivity contribution in [2.24, 2.45) is 0 Å². The molecule has 0 bridgehead atoms. The van der Waals surface area contributed by atoms with Crippen molar-refractivity contribution in [3.63, 3.8) is 0 Å². The summed E-state index contributed by atoms with van der Waals surface area (Å²) >= 11 is 0. The molecule has 0 aromatic heterocycles. The largest absolute Gasteiger partial charge is 0.462 e. The van der Waals surface area contributed by atoms with E-state index in [1.165, 1.54) is 44.9 Å². The maximum Gasteiger partial charge on any atom is 0.306 e. The molecule has 0 aliphatic rings. The highest BCUT2D eigenvalue weighted by molar-refractivity contribution is 5.70. The zero-order valence-electron chi connectivity index (χ0n) is 32.6. The summed E-state index contributed by atoms with van der Waals surface area (Å²) in [5.74, 6) is -0.453. The molecule has 0 aromatic carbocycles. The maximum atomic E-state index is 12.5. The van der Waals surface area contributed by atoms with Gasteiger partial charge in [-0.05, 0) is 83.5 Å². The Kier molecular flexibility index (Phi) is 38.6. The molecule has 5 nitrogen and oxygen atoms in total. The Hall–Kier alpha value is -2.66. The number of carbonyl (C=O) groups is 2. The van der Waals surface area contributed by atoms with E-state index >= 15 is 0 Å². The van der Waals surface area contributed by atoms with Crippen molar-refractivity contribution in [1.82, 2.24) is 0 Å². The van der Waals surface area contributed by atoms with Gasteiger partial charge in [-0.2, -0.15) is 0 Å². The van der Waals surface area contributed by atoms with Gasteiger partial charge in [0.15, 0.2) is 6.10 Å². The second-order valence-corrected chi connectivity index (χ2v) is 13.2. The SMILES string of the molecule is CC/C=C\C/C=C\C/C=C\C/C=C\C/C=C\CCCCOCC(COC(=O)CCCCCCC/C=C\CCCC)OC(=O)CCCCCCC. The Bertz CT molecular complexity index is 926. The van der Waals surface area contributed by atoms with Gasteiger partial charge in [-0.1, -0.05) is 151 Å². The first-order chi connectivity index (χ1) is 24.6. The smallest absolute Gasteiger partial charge is 0.306 e. The third-order valence-electron chi connectivity index (χ3n) is 8.23. The van der Waals surface area contributed by atoms with Crippen molar-refractivity contribution in [3.05, 3.63) is 72.9 Å². The summed E-state index contributed by atoms with van der Waals surface area (Å²) in [5, 5.41) is 0. The van der Waals surface area contributed by atoms with Gasteiger partial charge in [-0.3, -0.25) is 9.59 Å². The van der Waals surface area contributed by atoms with Crippen LogP contribution < -0.4 is 0 Å². The number of ether oxygens (including phenoxy) is 3. The van der Waals surface area contributed by atoms with Gasteiger partial charge in [0.25, 0.3) is 0 Å². The van der Waals surface area contributed by atoms with Gasteiger partial charge < -0.3 is 14.2 Å². The molecule has 286 valence electrons. The van der Waals surface area contributed by atoms with E-state index in [9.17, 15) is 9.59 Å². The lowest BCUT2D eigenvalue weighted by atomic mass is 10.1. The van der Waals surface area contributed by atoms with E-state index in [1.54, 1.807) is 0 Å². The minimum Gasteiger partial charge on any atom is -0.462 e. The second kappa shape index (κ2) is 40.8. The molecule has 0 N–H and O–H groups in total. The van der Waals surface area contributed by atoms with Crippen LogP contribution in [0.1, 0.15) is 175 Å². The Balaban J connectivity index is 4.20. The molecule has 1 atom stereocenters. The van der Waals surface area contributed by atoms with Gasteiger partial charge in [0.2, 0.25) is 0 Å². The Morgan fingerprint density at radius 3 is 1.52 bits per heavy atom. The molecule has 0 fully saturated rings. The highest BCUT2D eigenvalue weighted by atomic mass is 16.6. The molecule has 0 saturated carbocycles. The third kappa shape index (κ3) is 38.1. The molecule has 50 heavy (non-hydrogen) atoms. The number of hydrogen-bond donors (Lipinski definition) is 0. The summed E-state index contributed by atoms with van der Waals surface area (Å²) in [4.78, 5) is 24.9. The molecule has 0 amide bonds. The number of rotatable bonds is 36. The lowest BCUT2D eigenvalue weighted by Gasteiger charge is -2.18. The fraction of sp³-hybridized carbons (Fsp3) is 0.689. The molecule has 0 rings (SSSR count). The van der Waals surface area contributed by atoms with E-state index in [0.717, 1.165) is 96.3 Å². The van der Waals surface area contributed by atoms with E-state index < -0.39 is 6.10 Å². The average molecular weight is 697 g/mol. The number of carbonyl (C=O) groups excluding carboxylic acids is 2. The summed E-state index contributed by atoms with van der Waals surface area (Å²) < 4.78 is 17.1. The molecule has 1 unspecified atom stereocenters. The first kappa shape index (κ1) is 47.3. The fourth-order valence-corrected chi connectivity index (χ4v) is 5.16. The lowest BCUT2D eigenvalue weighted by Crippen LogP contribution is -2.30. The maximum absolute atomic E-state index is 12.5. The van der Waals surface area contributed by atoms with Crippen LogP contribution in [0.4, 0.5) is 0 Å². The quantitative estimate of drug-likeness (QED) is 0.0371. The van der Waals surface area contributed by atoms with Gasteiger partial charge in [-0.25, -0.2) is 0 Å². The number of unbranched alkanes of at least 4 members (excludes halogenated alkanes) is 13. The Labute approximate surface area is 308 Å². The van der Waals surface area contributed by atoms with Crippen LogP contribution >= 0.6 is 0 Å². The molecule has 5 heteroatoms. The van der Waals surface area contributed by atoms with Gasteiger partial charge in [0, 0.05) is 19.4 Å². The van der Waals surface area contributed by atoms with Crippen molar-refractivity contribution in [3.8, 4) is 0 Å². The topological polar surface area (TPSA) is 61.8 Å². The summed E-state index contributed by atoms with van der Waals surface area (Å²) in [6.07, 6.45) is 50.7. The van der Waals surface area contributed by atoms with E-state index in [4.69, 9.17) is 14.2 Å². The predicted molar refractivity (Wildman–Crippen MR) is 214 cm³/mol. The summed E-state index contributed by atoms with van der Waals surface area (Å²) in [5.41, 5.74) is 0. The molecule has 0 aliphatic heterocycles. The molecule has 0 heterocycles. The normalized spacial score (nSPS) is 12.9. The molecular weight excluding hydrogens is 620 g/mol. The van der Waals surface area contributed by atoms with Crippen LogP contribution in [0.15, 0.2) is 72.9 Å². The van der Waals surface area contributed by atoms with Gasteiger partial charge in [0.1, 0.15) is 6.61 Å². The molecule has 0 aliphatic carbocycles. The number of allylic oxidation sites excluding steroid dienone is 12. The first-order valence-corrected chi connectivity index (χ1v) is 20.5. The Morgan fingerprint density at radius 2 is 0.920 bits per heavy atom. The molecule has 0 aromatic rings. The average Bonchev–Trinajstić information content (AvgIpc) is 3.11.